The fourth-order valence-corrected chi connectivity index (χ4v) is 2.22. The molecule has 98 valence electrons. The van der Waals surface area contributed by atoms with Gasteiger partial charge in [-0.25, -0.2) is 9.37 Å². The molecule has 5 nitrogen and oxygen atoms in total. The summed E-state index contributed by atoms with van der Waals surface area (Å²) in [5.74, 6) is 0.122. The van der Waals surface area contributed by atoms with Crippen LogP contribution >= 0.6 is 0 Å². The first-order chi connectivity index (χ1) is 9.15. The van der Waals surface area contributed by atoms with Crippen molar-refractivity contribution >= 4 is 17.0 Å². The Labute approximate surface area is 109 Å². The van der Waals surface area contributed by atoms with E-state index in [0.29, 0.717) is 18.0 Å². The van der Waals surface area contributed by atoms with Gasteiger partial charge < -0.3 is 10.3 Å². The topological polar surface area (TPSA) is 61.7 Å². The largest absolute Gasteiger partial charge is 0.369 e. The van der Waals surface area contributed by atoms with Crippen LogP contribution in [0.25, 0.3) is 11.0 Å². The lowest BCUT2D eigenvalue weighted by Gasteiger charge is -2.06. The highest BCUT2D eigenvalue weighted by molar-refractivity contribution is 5.78. The highest BCUT2D eigenvalue weighted by Gasteiger charge is 2.09. The third-order valence-corrected chi connectivity index (χ3v) is 3.25. The summed E-state index contributed by atoms with van der Waals surface area (Å²) in [6.07, 6.45) is 2.52. The van der Waals surface area contributed by atoms with Crippen LogP contribution < -0.4 is 5.73 Å². The lowest BCUT2D eigenvalue weighted by Crippen LogP contribution is -2.08. The van der Waals surface area contributed by atoms with Crippen LogP contribution in [0.5, 0.6) is 0 Å². The Bertz CT molecular complexity index is 728. The van der Waals surface area contributed by atoms with Crippen LogP contribution in [0, 0.1) is 5.82 Å². The minimum Gasteiger partial charge on any atom is -0.369 e. The van der Waals surface area contributed by atoms with Gasteiger partial charge in [0.25, 0.3) is 0 Å². The van der Waals surface area contributed by atoms with E-state index in [9.17, 15) is 4.39 Å². The standard InChI is InChI=1S/C13H14FN5/c1-18-10(4-6-16-18)5-7-19-12-8-9(14)2-3-11(12)17-13(19)15/h2-4,6,8H,5,7H2,1H3,(H2,15,17). The van der Waals surface area contributed by atoms with Gasteiger partial charge in [-0.05, 0) is 24.3 Å². The Morgan fingerprint density at radius 3 is 2.89 bits per heavy atom. The van der Waals surface area contributed by atoms with Gasteiger partial charge in [-0.2, -0.15) is 5.10 Å². The summed E-state index contributed by atoms with van der Waals surface area (Å²) in [6.45, 7) is 0.644. The molecular weight excluding hydrogens is 245 g/mol. The molecule has 19 heavy (non-hydrogen) atoms. The van der Waals surface area contributed by atoms with Crippen LogP contribution in [-0.4, -0.2) is 19.3 Å². The second-order valence-electron chi connectivity index (χ2n) is 4.45. The Hall–Kier alpha value is -2.37. The van der Waals surface area contributed by atoms with Gasteiger partial charge in [0.05, 0.1) is 11.0 Å². The molecule has 3 aromatic rings. The number of anilines is 1. The summed E-state index contributed by atoms with van der Waals surface area (Å²) in [5, 5.41) is 4.12. The molecule has 0 amide bonds. The van der Waals surface area contributed by atoms with Gasteiger partial charge in [-0.1, -0.05) is 0 Å². The van der Waals surface area contributed by atoms with E-state index in [0.717, 1.165) is 17.6 Å². The fraction of sp³-hybridized carbons (Fsp3) is 0.231. The average Bonchev–Trinajstić information content (AvgIpc) is 2.90. The molecule has 0 saturated heterocycles. The number of halogens is 1. The smallest absolute Gasteiger partial charge is 0.201 e. The molecule has 3 rings (SSSR count). The van der Waals surface area contributed by atoms with Crippen LogP contribution in [0.4, 0.5) is 10.3 Å². The summed E-state index contributed by atoms with van der Waals surface area (Å²) in [6, 6.07) is 6.44. The van der Waals surface area contributed by atoms with Crippen LogP contribution in [-0.2, 0) is 20.0 Å². The first-order valence-electron chi connectivity index (χ1n) is 6.03. The van der Waals surface area contributed by atoms with Crippen molar-refractivity contribution in [1.29, 1.82) is 0 Å². The number of fused-ring (bicyclic) bond motifs is 1. The second kappa shape index (κ2) is 4.38. The van der Waals surface area contributed by atoms with E-state index in [2.05, 4.69) is 10.1 Å². The van der Waals surface area contributed by atoms with Crippen molar-refractivity contribution < 1.29 is 4.39 Å². The summed E-state index contributed by atoms with van der Waals surface area (Å²) in [5.41, 5.74) is 8.42. The molecule has 1 aromatic carbocycles. The summed E-state index contributed by atoms with van der Waals surface area (Å²) in [7, 11) is 1.89. The quantitative estimate of drug-likeness (QED) is 0.779. The zero-order valence-corrected chi connectivity index (χ0v) is 10.5. The first-order valence-corrected chi connectivity index (χ1v) is 6.03. The van der Waals surface area contributed by atoms with Gasteiger partial charge in [-0.3, -0.25) is 4.68 Å². The van der Waals surface area contributed by atoms with Crippen LogP contribution in [0.2, 0.25) is 0 Å². The first kappa shape index (κ1) is 11.7. The van der Waals surface area contributed by atoms with Gasteiger partial charge in [0, 0.05) is 31.9 Å². The fourth-order valence-electron chi connectivity index (χ4n) is 2.22. The maximum absolute atomic E-state index is 13.3. The van der Waals surface area contributed by atoms with E-state index in [1.165, 1.54) is 12.1 Å². The van der Waals surface area contributed by atoms with Crippen LogP contribution in [0.3, 0.4) is 0 Å². The number of nitrogens with zero attached hydrogens (tertiary/aromatic N) is 4. The number of hydrogen-bond donors (Lipinski definition) is 1. The van der Waals surface area contributed by atoms with Crippen LogP contribution in [0.1, 0.15) is 5.69 Å². The zero-order valence-electron chi connectivity index (χ0n) is 10.5. The molecule has 0 spiro atoms. The summed E-state index contributed by atoms with van der Waals surface area (Å²) in [4.78, 5) is 4.23. The zero-order chi connectivity index (χ0) is 13.4. The molecule has 2 heterocycles. The third-order valence-electron chi connectivity index (χ3n) is 3.25. The molecule has 6 heteroatoms. The molecular formula is C13H14FN5. The molecule has 2 aromatic heterocycles. The summed E-state index contributed by atoms with van der Waals surface area (Å²) < 4.78 is 16.9. The van der Waals surface area contributed by atoms with Crippen molar-refractivity contribution in [2.24, 2.45) is 7.05 Å². The summed E-state index contributed by atoms with van der Waals surface area (Å²) >= 11 is 0. The number of nitrogens with two attached hydrogens (primary N) is 1. The van der Waals surface area contributed by atoms with Gasteiger partial charge >= 0.3 is 0 Å². The van der Waals surface area contributed by atoms with Crippen molar-refractivity contribution in [3.8, 4) is 0 Å². The number of aryl methyl sites for hydroxylation is 3. The molecule has 0 aliphatic carbocycles. The van der Waals surface area contributed by atoms with Crippen LogP contribution in [0.15, 0.2) is 30.5 Å². The van der Waals surface area contributed by atoms with E-state index in [1.807, 2.05) is 22.4 Å². The van der Waals surface area contributed by atoms with Gasteiger partial charge in [0.15, 0.2) is 0 Å². The third kappa shape index (κ3) is 2.05. The number of nitrogen functional groups attached to an aromatic ring is 1. The molecule has 2 N–H and O–H groups in total. The number of hydrogen-bond acceptors (Lipinski definition) is 3. The lowest BCUT2D eigenvalue weighted by atomic mass is 10.3. The molecule has 0 unspecified atom stereocenters. The second-order valence-corrected chi connectivity index (χ2v) is 4.45. The van der Waals surface area contributed by atoms with Crippen molar-refractivity contribution in [3.05, 3.63) is 42.0 Å². The molecule has 0 aliphatic rings. The van der Waals surface area contributed by atoms with Crippen molar-refractivity contribution in [2.75, 3.05) is 5.73 Å². The number of benzene rings is 1. The van der Waals surface area contributed by atoms with Crippen molar-refractivity contribution in [2.45, 2.75) is 13.0 Å². The van der Waals surface area contributed by atoms with E-state index in [1.54, 1.807) is 12.3 Å². The van der Waals surface area contributed by atoms with E-state index >= 15 is 0 Å². The Morgan fingerprint density at radius 2 is 2.16 bits per heavy atom. The Balaban J connectivity index is 1.94. The molecule has 0 fully saturated rings. The number of aromatic nitrogens is 4. The van der Waals surface area contributed by atoms with Crippen molar-refractivity contribution in [3.63, 3.8) is 0 Å². The molecule has 0 atom stereocenters. The van der Waals surface area contributed by atoms with Gasteiger partial charge in [0.1, 0.15) is 5.82 Å². The molecule has 0 bridgehead atoms. The predicted molar refractivity (Wildman–Crippen MR) is 71.0 cm³/mol. The SMILES string of the molecule is Cn1nccc1CCn1c(N)nc2ccc(F)cc21. The monoisotopic (exact) mass is 259 g/mol. The Kier molecular flexibility index (Phi) is 2.70. The van der Waals surface area contributed by atoms with Crippen molar-refractivity contribution in [1.82, 2.24) is 19.3 Å². The van der Waals surface area contributed by atoms with Gasteiger partial charge in [-0.15, -0.1) is 0 Å². The predicted octanol–water partition coefficient (Wildman–Crippen LogP) is 1.73. The maximum atomic E-state index is 13.3. The van der Waals surface area contributed by atoms with Gasteiger partial charge in [0.2, 0.25) is 5.95 Å². The Morgan fingerprint density at radius 1 is 1.32 bits per heavy atom. The minimum atomic E-state index is -0.283. The molecule has 0 radical (unpaired) electrons. The number of imidazole rings is 1. The number of rotatable bonds is 3. The maximum Gasteiger partial charge on any atom is 0.201 e. The molecule has 0 saturated carbocycles. The lowest BCUT2D eigenvalue weighted by molar-refractivity contribution is 0.625. The average molecular weight is 259 g/mol. The van der Waals surface area contributed by atoms with E-state index in [4.69, 9.17) is 5.73 Å². The molecule has 0 aliphatic heterocycles. The highest BCUT2D eigenvalue weighted by Crippen LogP contribution is 2.19. The van der Waals surface area contributed by atoms with E-state index in [-0.39, 0.29) is 5.82 Å². The minimum absolute atomic E-state index is 0.283. The normalized spacial score (nSPS) is 11.3. The van der Waals surface area contributed by atoms with E-state index < -0.39 is 0 Å². The highest BCUT2D eigenvalue weighted by atomic mass is 19.1.